The van der Waals surface area contributed by atoms with Gasteiger partial charge in [0.05, 0.1) is 0 Å². The van der Waals surface area contributed by atoms with Crippen molar-refractivity contribution in [3.63, 3.8) is 0 Å². The number of primary amides is 1. The van der Waals surface area contributed by atoms with Crippen LogP contribution in [0.3, 0.4) is 0 Å². The first-order valence-electron chi connectivity index (χ1n) is 0.716. The van der Waals surface area contributed by atoms with E-state index in [1.54, 1.807) is 0 Å². The molecule has 0 aromatic carbocycles. The van der Waals surface area contributed by atoms with Crippen molar-refractivity contribution in [1.82, 2.24) is 0 Å². The van der Waals surface area contributed by atoms with Gasteiger partial charge in [0, 0.05) is 37.7 Å². The molecule has 1 radical (unpaired) electrons. The smallest absolute Gasteiger partial charge is 0.402 e. The Morgan fingerprint density at radius 1 is 1.80 bits per heavy atom. The molecule has 0 heterocycles. The molecule has 4 heteroatoms. The van der Waals surface area contributed by atoms with E-state index in [2.05, 4.69) is 5.73 Å². The maximum Gasteiger partial charge on any atom is 0.402 e. The summed E-state index contributed by atoms with van der Waals surface area (Å²) in [6.07, 6.45) is -1.33. The van der Waals surface area contributed by atoms with Gasteiger partial charge in [-0.3, -0.25) is 0 Å². The first kappa shape index (κ1) is 9.11. The van der Waals surface area contributed by atoms with Gasteiger partial charge in [0.1, 0.15) is 0 Å². The molecule has 5 heavy (non-hydrogen) atoms. The Morgan fingerprint density at radius 3 is 1.80 bits per heavy atom. The molecule has 0 rings (SSSR count). The van der Waals surface area contributed by atoms with Gasteiger partial charge in [0.15, 0.2) is 0 Å². The van der Waals surface area contributed by atoms with Gasteiger partial charge in [-0.1, -0.05) is 0 Å². The number of hydrogen-bond acceptors (Lipinski definition) is 1. The van der Waals surface area contributed by atoms with Crippen molar-refractivity contribution < 1.29 is 47.6 Å². The predicted molar refractivity (Wildman–Crippen MR) is 12.2 cm³/mol. The van der Waals surface area contributed by atoms with Crippen molar-refractivity contribution in [2.45, 2.75) is 0 Å². The second kappa shape index (κ2) is 4.53. The Bertz CT molecular complexity index is 32.6. The summed E-state index contributed by atoms with van der Waals surface area (Å²) in [6, 6.07) is 0. The Kier molecular flexibility index (Phi) is 8.25. The fourth-order valence-electron chi connectivity index (χ4n) is 0. The molecule has 0 aliphatic carbocycles. The second-order valence-corrected chi connectivity index (χ2v) is 0.338. The van der Waals surface area contributed by atoms with E-state index >= 15 is 0 Å². The first-order chi connectivity index (χ1) is 1.73. The Morgan fingerprint density at radius 2 is 1.80 bits per heavy atom. The zero-order valence-corrected chi connectivity index (χ0v) is 4.17. The van der Waals surface area contributed by atoms with E-state index in [4.69, 9.17) is 9.90 Å². The fourth-order valence-corrected chi connectivity index (χ4v) is 0. The minimum atomic E-state index is -1.33. The Labute approximate surface area is 59.2 Å². The maximum absolute atomic E-state index is 8.78. The van der Waals surface area contributed by atoms with Crippen LogP contribution in [0.2, 0.25) is 0 Å². The fraction of sp³-hybridized carbons (Fsp3) is 0. The van der Waals surface area contributed by atoms with Crippen LogP contribution in [-0.4, -0.2) is 11.2 Å². The largest absolute Gasteiger partial charge is 0.465 e. The molecule has 0 aliphatic heterocycles. The zero-order chi connectivity index (χ0) is 3.58. The molecule has 0 fully saturated rings. The molecule has 35 valence electrons. The van der Waals surface area contributed by atoms with Crippen LogP contribution in [0.4, 0.5) is 4.79 Å². The van der Waals surface area contributed by atoms with Gasteiger partial charge in [-0.15, -0.1) is 0 Å². The van der Waals surface area contributed by atoms with Gasteiger partial charge >= 0.3 is 6.09 Å². The Hall–Kier alpha value is 0.530. The van der Waals surface area contributed by atoms with E-state index < -0.39 is 6.09 Å². The van der Waals surface area contributed by atoms with Crippen molar-refractivity contribution in [2.75, 3.05) is 0 Å². The molecule has 0 aromatic heterocycles. The normalized spacial score (nSPS) is 4.80. The number of nitrogens with two attached hydrogens (primary N) is 1. The monoisotopic (exact) mass is 226 g/mol. The van der Waals surface area contributed by atoms with Crippen molar-refractivity contribution >= 4 is 6.09 Å². The summed E-state index contributed by atoms with van der Waals surface area (Å²) in [5.41, 5.74) is 4.03. The molecule has 3 N–H and O–H groups in total. The van der Waals surface area contributed by atoms with Gasteiger partial charge < -0.3 is 10.8 Å². The van der Waals surface area contributed by atoms with E-state index in [0.717, 1.165) is 0 Å². The molecule has 3 nitrogen and oxygen atoms in total. The topological polar surface area (TPSA) is 63.3 Å². The van der Waals surface area contributed by atoms with Crippen molar-refractivity contribution in [1.29, 1.82) is 0 Å². The molecule has 0 spiro atoms. The molecule has 0 saturated carbocycles. The van der Waals surface area contributed by atoms with Crippen LogP contribution in [0.15, 0.2) is 0 Å². The molecule has 1 amide bonds. The summed E-state index contributed by atoms with van der Waals surface area (Å²) in [6.45, 7) is 0. The average molecular weight is 226 g/mol. The summed E-state index contributed by atoms with van der Waals surface area (Å²) in [5, 5.41) is 7.19. The van der Waals surface area contributed by atoms with E-state index in [-0.39, 0.29) is 37.7 Å². The summed E-state index contributed by atoms with van der Waals surface area (Å²) >= 11 is 0. The summed E-state index contributed by atoms with van der Waals surface area (Å²) in [7, 11) is 0. The van der Waals surface area contributed by atoms with Crippen LogP contribution in [0.25, 0.3) is 0 Å². The van der Waals surface area contributed by atoms with E-state index in [1.807, 2.05) is 0 Å². The first-order valence-corrected chi connectivity index (χ1v) is 0.716. The molecule has 0 aromatic rings. The van der Waals surface area contributed by atoms with Crippen LogP contribution >= 0.6 is 0 Å². The third kappa shape index (κ3) is 103. The van der Waals surface area contributed by atoms with E-state index in [0.29, 0.717) is 0 Å². The standard InChI is InChI=1S/CH3NO2.Ho/c2-1(3)4;/h2H2,(H,3,4);. The summed E-state index contributed by atoms with van der Waals surface area (Å²) in [4.78, 5) is 8.78. The molecule has 0 unspecified atom stereocenters. The number of carbonyl (C=O) groups is 1. The van der Waals surface area contributed by atoms with Crippen molar-refractivity contribution in [2.24, 2.45) is 5.73 Å². The van der Waals surface area contributed by atoms with Crippen LogP contribution < -0.4 is 5.73 Å². The van der Waals surface area contributed by atoms with Crippen molar-refractivity contribution in [3.8, 4) is 0 Å². The molecule has 0 bridgehead atoms. The predicted octanol–water partition coefficient (Wildman–Crippen LogP) is -0.377. The number of amides is 1. The number of rotatable bonds is 0. The third-order valence-corrected chi connectivity index (χ3v) is 0. The van der Waals surface area contributed by atoms with Crippen LogP contribution in [0.1, 0.15) is 0 Å². The van der Waals surface area contributed by atoms with Gasteiger partial charge in [0.2, 0.25) is 0 Å². The zero-order valence-electron chi connectivity index (χ0n) is 2.23. The van der Waals surface area contributed by atoms with Gasteiger partial charge in [0.25, 0.3) is 0 Å². The molecular formula is CH3HoNO2. The van der Waals surface area contributed by atoms with E-state index in [9.17, 15) is 0 Å². The quantitative estimate of drug-likeness (QED) is 0.553. The number of carboxylic acid groups (broad SMARTS) is 1. The van der Waals surface area contributed by atoms with Gasteiger partial charge in [-0.05, 0) is 0 Å². The SMILES string of the molecule is NC(=O)O.[Ho]. The van der Waals surface area contributed by atoms with Gasteiger partial charge in [-0.2, -0.15) is 0 Å². The Balaban J connectivity index is 0. The van der Waals surface area contributed by atoms with E-state index in [1.165, 1.54) is 0 Å². The van der Waals surface area contributed by atoms with Crippen LogP contribution in [0.5, 0.6) is 0 Å². The van der Waals surface area contributed by atoms with Crippen LogP contribution in [0, 0.1) is 37.7 Å². The minimum absolute atomic E-state index is 0. The molecule has 0 aliphatic rings. The second-order valence-electron chi connectivity index (χ2n) is 0.338. The summed E-state index contributed by atoms with van der Waals surface area (Å²) in [5.74, 6) is 0. The molecular weight excluding hydrogens is 223 g/mol. The minimum Gasteiger partial charge on any atom is -0.465 e. The van der Waals surface area contributed by atoms with Crippen LogP contribution in [-0.2, 0) is 0 Å². The number of hydrogen-bond donors (Lipinski definition) is 2. The van der Waals surface area contributed by atoms with Crippen molar-refractivity contribution in [3.05, 3.63) is 0 Å². The molecule has 0 atom stereocenters. The summed E-state index contributed by atoms with van der Waals surface area (Å²) < 4.78 is 0. The average Bonchev–Trinajstić information content (AvgIpc) is 0.811. The maximum atomic E-state index is 8.78. The van der Waals surface area contributed by atoms with Gasteiger partial charge in [-0.25, -0.2) is 4.79 Å². The molecule has 0 saturated heterocycles. The third-order valence-electron chi connectivity index (χ3n) is 0.